The Labute approximate surface area is 362 Å². The predicted molar refractivity (Wildman–Crippen MR) is 235 cm³/mol. The second-order valence-corrected chi connectivity index (χ2v) is 14.8. The summed E-state index contributed by atoms with van der Waals surface area (Å²) in [7, 11) is 1.46. The van der Waals surface area contributed by atoms with E-state index in [0.29, 0.717) is 82.6 Å². The van der Waals surface area contributed by atoms with Crippen molar-refractivity contribution in [2.24, 2.45) is 11.5 Å². The van der Waals surface area contributed by atoms with E-state index in [9.17, 15) is 19.2 Å². The first-order valence-corrected chi connectivity index (χ1v) is 20.6. The number of amides is 4. The fraction of sp³-hybridized carbons (Fsp3) is 0.349. The number of primary amides is 2. The summed E-state index contributed by atoms with van der Waals surface area (Å²) in [5.74, 6) is -1.20. The molecular formula is C43H51N13O7. The third-order valence-electron chi connectivity index (χ3n) is 10.4. The summed E-state index contributed by atoms with van der Waals surface area (Å²) < 4.78 is 24.2. The van der Waals surface area contributed by atoms with Gasteiger partial charge >= 0.3 is 0 Å². The number of carbonyl (C=O) groups is 4. The van der Waals surface area contributed by atoms with Crippen LogP contribution in [0.25, 0.3) is 22.1 Å². The molecule has 1 saturated heterocycles. The van der Waals surface area contributed by atoms with Crippen molar-refractivity contribution in [2.45, 2.75) is 53.9 Å². The summed E-state index contributed by atoms with van der Waals surface area (Å²) in [6.45, 7) is 12.6. The Bertz CT molecular complexity index is 2750. The summed E-state index contributed by atoms with van der Waals surface area (Å²) in [4.78, 5) is 64.0. The molecule has 0 saturated carbocycles. The zero-order chi connectivity index (χ0) is 44.8. The number of aromatic nitrogens is 8. The first-order valence-electron chi connectivity index (χ1n) is 20.6. The lowest BCUT2D eigenvalue weighted by atomic mass is 10.1. The highest BCUT2D eigenvalue weighted by atomic mass is 16.5. The molecule has 4 amide bonds. The number of rotatable bonds is 18. The van der Waals surface area contributed by atoms with Crippen LogP contribution >= 0.6 is 0 Å². The average Bonchev–Trinajstić information content (AvgIpc) is 4.04. The summed E-state index contributed by atoms with van der Waals surface area (Å²) >= 11 is 0. The van der Waals surface area contributed by atoms with Crippen molar-refractivity contribution < 1.29 is 33.4 Å². The van der Waals surface area contributed by atoms with Crippen LogP contribution in [0.3, 0.4) is 0 Å². The second-order valence-electron chi connectivity index (χ2n) is 14.8. The summed E-state index contributed by atoms with van der Waals surface area (Å²) in [5, 5.41) is 14.7. The van der Waals surface area contributed by atoms with E-state index in [2.05, 4.69) is 25.7 Å². The number of methoxy groups -OCH3 is 1. The van der Waals surface area contributed by atoms with E-state index < -0.39 is 23.6 Å². The number of fused-ring (bicyclic) bond motifs is 2. The number of benzene rings is 2. The molecule has 6 aromatic rings. The summed E-state index contributed by atoms with van der Waals surface area (Å²) in [6, 6.07) is 9.56. The number of nitrogens with one attached hydrogen (secondary N) is 2. The van der Waals surface area contributed by atoms with Crippen molar-refractivity contribution in [3.05, 3.63) is 94.6 Å². The lowest BCUT2D eigenvalue weighted by Crippen LogP contribution is -2.36. The predicted octanol–water partition coefficient (Wildman–Crippen LogP) is 3.67. The standard InChI is InChI=1S/C43H51N13O7/c1-6-55-32(20-26(3)50-55)40(59)48-42-46-30-22-28(38(44)57)24-34(61-5)36(30)53(42)13-8-9-14-54-37-31(47-43(54)49-41(60)33-21-27(4)51-56(33)7-2)23-29(39(45)58)25-35(37)63-17-11-10-12-52-15-18-62-19-16-52/h8-11,20-25H,6-7,12-19H2,1-5H3,(H2,44,57)(H2,45,58)(H,46,48,59)(H,47,49,60)/b9-8+,11-10-. The molecule has 330 valence electrons. The van der Waals surface area contributed by atoms with E-state index in [1.807, 2.05) is 38.2 Å². The molecule has 0 aliphatic carbocycles. The Morgan fingerprint density at radius 2 is 1.17 bits per heavy atom. The number of nitrogens with two attached hydrogens (primary N) is 2. The van der Waals surface area contributed by atoms with E-state index in [1.54, 1.807) is 56.6 Å². The number of aryl methyl sites for hydroxylation is 4. The van der Waals surface area contributed by atoms with Crippen molar-refractivity contribution in [3.63, 3.8) is 0 Å². The van der Waals surface area contributed by atoms with Crippen molar-refractivity contribution in [2.75, 3.05) is 57.2 Å². The number of nitrogens with zero attached hydrogens (tertiary/aromatic N) is 9. The van der Waals surface area contributed by atoms with Gasteiger partial charge in [0.15, 0.2) is 0 Å². The molecule has 1 fully saturated rings. The fourth-order valence-electron chi connectivity index (χ4n) is 7.40. The van der Waals surface area contributed by atoms with Gasteiger partial charge in [0, 0.05) is 56.9 Å². The third kappa shape index (κ3) is 9.61. The first-order chi connectivity index (χ1) is 30.4. The number of carbonyl (C=O) groups excluding carboxylic acids is 4. The number of allylic oxidation sites excluding steroid dienone is 2. The van der Waals surface area contributed by atoms with Crippen LogP contribution in [0.4, 0.5) is 11.9 Å². The second kappa shape index (κ2) is 19.2. The molecule has 20 heteroatoms. The minimum absolute atomic E-state index is 0.156. The van der Waals surface area contributed by atoms with E-state index in [-0.39, 0.29) is 42.7 Å². The van der Waals surface area contributed by atoms with Crippen molar-refractivity contribution in [1.82, 2.24) is 43.6 Å². The minimum atomic E-state index is -0.671. The SMILES string of the molecule is CCn1nc(C)cc1C(=O)Nc1nc2cc(C(N)=O)cc(OC)c2n1C/C=C/Cn1c(NC(=O)c2cc(C)nn2CC)nc2cc(C(N)=O)cc(OC/C=C\CN3CCOCC3)c21. The fourth-order valence-corrected chi connectivity index (χ4v) is 7.40. The lowest BCUT2D eigenvalue weighted by Gasteiger charge is -2.25. The maximum Gasteiger partial charge on any atom is 0.276 e. The molecule has 0 radical (unpaired) electrons. The average molecular weight is 862 g/mol. The molecule has 7 rings (SSSR count). The number of imidazole rings is 2. The van der Waals surface area contributed by atoms with Crippen LogP contribution in [0.15, 0.2) is 60.7 Å². The van der Waals surface area contributed by atoms with Gasteiger partial charge in [-0.15, -0.1) is 0 Å². The molecule has 1 aliphatic heterocycles. The zero-order valence-corrected chi connectivity index (χ0v) is 35.9. The first kappa shape index (κ1) is 43.8. The van der Waals surface area contributed by atoms with Gasteiger partial charge in [0.25, 0.3) is 11.8 Å². The van der Waals surface area contributed by atoms with Gasteiger partial charge in [0.05, 0.1) is 42.7 Å². The number of morpholine rings is 1. The van der Waals surface area contributed by atoms with Crippen LogP contribution in [0, 0.1) is 13.8 Å². The van der Waals surface area contributed by atoms with Gasteiger partial charge in [-0.2, -0.15) is 10.2 Å². The van der Waals surface area contributed by atoms with Gasteiger partial charge < -0.3 is 34.8 Å². The Hall–Kier alpha value is -7.32. The quantitative estimate of drug-likeness (QED) is 0.0905. The van der Waals surface area contributed by atoms with Crippen molar-refractivity contribution in [3.8, 4) is 11.5 Å². The maximum atomic E-state index is 13.8. The van der Waals surface area contributed by atoms with Gasteiger partial charge in [0.1, 0.15) is 40.5 Å². The van der Waals surface area contributed by atoms with Crippen LogP contribution in [-0.4, -0.2) is 114 Å². The van der Waals surface area contributed by atoms with Crippen LogP contribution in [0.5, 0.6) is 11.5 Å². The molecule has 0 spiro atoms. The normalized spacial score (nSPS) is 13.4. The van der Waals surface area contributed by atoms with Crippen LogP contribution in [0.2, 0.25) is 0 Å². The topological polar surface area (TPSA) is 247 Å². The Kier molecular flexibility index (Phi) is 13.3. The summed E-state index contributed by atoms with van der Waals surface area (Å²) in [5.41, 5.74) is 15.6. The molecule has 20 nitrogen and oxygen atoms in total. The Balaban J connectivity index is 1.25. The highest BCUT2D eigenvalue weighted by Crippen LogP contribution is 2.33. The third-order valence-corrected chi connectivity index (χ3v) is 10.4. The van der Waals surface area contributed by atoms with Crippen LogP contribution in [0.1, 0.15) is 66.9 Å². The highest BCUT2D eigenvalue weighted by Gasteiger charge is 2.24. The molecule has 0 bridgehead atoms. The number of hydrogen-bond acceptors (Lipinski definition) is 12. The molecule has 63 heavy (non-hydrogen) atoms. The van der Waals surface area contributed by atoms with E-state index in [0.717, 1.165) is 19.6 Å². The van der Waals surface area contributed by atoms with Gasteiger partial charge in [-0.05, 0) is 64.1 Å². The maximum absolute atomic E-state index is 13.8. The number of anilines is 2. The van der Waals surface area contributed by atoms with Crippen molar-refractivity contribution >= 4 is 57.6 Å². The molecule has 0 unspecified atom stereocenters. The highest BCUT2D eigenvalue weighted by molar-refractivity contribution is 6.05. The van der Waals surface area contributed by atoms with E-state index in [4.69, 9.17) is 35.6 Å². The molecule has 5 heterocycles. The molecule has 0 atom stereocenters. The van der Waals surface area contributed by atoms with Crippen LogP contribution < -0.4 is 31.6 Å². The largest absolute Gasteiger partial charge is 0.494 e. The number of ether oxygens (including phenoxy) is 3. The van der Waals surface area contributed by atoms with Gasteiger partial charge in [0.2, 0.25) is 23.7 Å². The Morgan fingerprint density at radius 3 is 1.65 bits per heavy atom. The monoisotopic (exact) mass is 861 g/mol. The molecule has 2 aromatic carbocycles. The minimum Gasteiger partial charge on any atom is -0.494 e. The molecule has 6 N–H and O–H groups in total. The molecule has 4 aromatic heterocycles. The van der Waals surface area contributed by atoms with Gasteiger partial charge in [-0.1, -0.05) is 24.3 Å². The van der Waals surface area contributed by atoms with E-state index >= 15 is 0 Å². The zero-order valence-electron chi connectivity index (χ0n) is 35.9. The van der Waals surface area contributed by atoms with E-state index in [1.165, 1.54) is 19.2 Å². The van der Waals surface area contributed by atoms with Crippen LogP contribution in [-0.2, 0) is 30.9 Å². The number of hydrogen-bond donors (Lipinski definition) is 4. The molecule has 1 aliphatic rings. The van der Waals surface area contributed by atoms with Crippen molar-refractivity contribution in [1.29, 1.82) is 0 Å². The lowest BCUT2D eigenvalue weighted by molar-refractivity contribution is 0.0434. The summed E-state index contributed by atoms with van der Waals surface area (Å²) in [6.07, 6.45) is 7.62. The smallest absolute Gasteiger partial charge is 0.276 e. The Morgan fingerprint density at radius 1 is 0.698 bits per heavy atom. The van der Waals surface area contributed by atoms with Gasteiger partial charge in [-0.3, -0.25) is 44.1 Å². The van der Waals surface area contributed by atoms with Gasteiger partial charge in [-0.25, -0.2) is 9.97 Å². The molecular weight excluding hydrogens is 811 g/mol.